The normalized spacial score (nSPS) is 8.84. The smallest absolute Gasteiger partial charge is 0.278 e. The number of rotatable bonds is 8. The van der Waals surface area contributed by atoms with Crippen molar-refractivity contribution in [3.63, 3.8) is 0 Å². The van der Waals surface area contributed by atoms with Gasteiger partial charge in [-0.3, -0.25) is 9.59 Å². The summed E-state index contributed by atoms with van der Waals surface area (Å²) >= 11 is 6.99. The van der Waals surface area contributed by atoms with Gasteiger partial charge in [-0.1, -0.05) is 64.8 Å². The molecule has 2 amide bonds. The molecule has 4 nitrogen and oxygen atoms in total. The molecular formula is C12H26N2O2PbS2. The first-order valence-electron chi connectivity index (χ1n) is 6.41. The first-order valence-corrected chi connectivity index (χ1v) is 7.31. The van der Waals surface area contributed by atoms with Crippen LogP contribution in [0.15, 0.2) is 0 Å². The number of unbranched alkanes of at least 4 members (excludes halogenated alkanes) is 4. The van der Waals surface area contributed by atoms with Crippen molar-refractivity contribution in [3.05, 3.63) is 0 Å². The van der Waals surface area contributed by atoms with Gasteiger partial charge in [0.15, 0.2) is 0 Å². The average Bonchev–Trinajstić information content (AvgIpc) is 2.26. The Balaban J connectivity index is -0.000000448. The molecule has 0 aromatic heterocycles. The molecule has 0 spiro atoms. The molecule has 0 aliphatic carbocycles. The monoisotopic (exact) mass is 502 g/mol. The Morgan fingerprint density at radius 1 is 0.947 bits per heavy atom. The fraction of sp³-hybridized carbons (Fsp3) is 0.833. The molecule has 7 heteroatoms. The molecule has 0 bridgehead atoms. The summed E-state index contributed by atoms with van der Waals surface area (Å²) in [5.41, 5.74) is 4.34. The zero-order valence-corrected chi connectivity index (χ0v) is 17.6. The fourth-order valence-electron chi connectivity index (χ4n) is 1.41. The molecule has 0 saturated heterocycles. The Hall–Kier alpha value is 0.562. The number of nitrogens with two attached hydrogens (primary N) is 1. The average molecular weight is 502 g/mol. The van der Waals surface area contributed by atoms with Crippen LogP contribution in [0.2, 0.25) is 0 Å². The van der Waals surface area contributed by atoms with E-state index in [1.54, 1.807) is 0 Å². The summed E-state index contributed by atoms with van der Waals surface area (Å²) in [6.07, 6.45) is 7.01. The summed E-state index contributed by atoms with van der Waals surface area (Å²) < 4.78 is 0. The van der Waals surface area contributed by atoms with Crippen LogP contribution in [-0.2, 0) is 0 Å². The van der Waals surface area contributed by atoms with Gasteiger partial charge in [0.05, 0.1) is 0 Å². The van der Waals surface area contributed by atoms with E-state index in [9.17, 15) is 4.79 Å². The molecule has 0 aliphatic rings. The van der Waals surface area contributed by atoms with Crippen molar-refractivity contribution >= 4 is 63.0 Å². The minimum absolute atomic E-state index is 0. The molecule has 0 heterocycles. The van der Waals surface area contributed by atoms with E-state index in [0.29, 0.717) is 0 Å². The predicted molar refractivity (Wildman–Crippen MR) is 89.3 cm³/mol. The standard InChI is InChI=1S/C11H23NOS.CH3NOS.Pb/c1-3-5-7-9-12(11(13)14)10-8-6-4-2;2-1(3)4;/h3-10H2,1-2H3,(H,13,14);(H3,2,3,4);. The fourth-order valence-corrected chi connectivity index (χ4v) is 1.61. The van der Waals surface area contributed by atoms with Gasteiger partial charge in [-0.25, -0.2) is 0 Å². The van der Waals surface area contributed by atoms with Crippen molar-refractivity contribution in [2.24, 2.45) is 5.73 Å². The molecule has 0 aliphatic heterocycles. The van der Waals surface area contributed by atoms with Crippen LogP contribution in [0.5, 0.6) is 0 Å². The van der Waals surface area contributed by atoms with Crippen molar-refractivity contribution in [2.45, 2.75) is 52.4 Å². The zero-order chi connectivity index (χ0) is 14.4. The summed E-state index contributed by atoms with van der Waals surface area (Å²) in [5, 5.41) is -0.711. The molecule has 0 unspecified atom stereocenters. The van der Waals surface area contributed by atoms with Gasteiger partial charge >= 0.3 is 0 Å². The minimum atomic E-state index is -0.639. The largest absolute Gasteiger partial charge is 0.361 e. The van der Waals surface area contributed by atoms with Crippen LogP contribution >= 0.6 is 25.3 Å². The Kier molecular flexibility index (Phi) is 24.0. The number of nitrogens with zero attached hydrogens (tertiary/aromatic N) is 1. The van der Waals surface area contributed by atoms with Crippen LogP contribution < -0.4 is 5.73 Å². The third-order valence-electron chi connectivity index (χ3n) is 2.33. The van der Waals surface area contributed by atoms with Gasteiger partial charge in [0.25, 0.3) is 10.5 Å². The van der Waals surface area contributed by atoms with E-state index >= 15 is 0 Å². The molecule has 4 radical (unpaired) electrons. The number of hydrogen-bond donors (Lipinski definition) is 3. The van der Waals surface area contributed by atoms with E-state index in [0.717, 1.165) is 25.9 Å². The number of carbonyl (C=O) groups is 2. The first kappa shape index (κ1) is 24.6. The predicted octanol–water partition coefficient (Wildman–Crippen LogP) is 3.33. The van der Waals surface area contributed by atoms with Crippen LogP contribution in [0.4, 0.5) is 9.59 Å². The van der Waals surface area contributed by atoms with Crippen molar-refractivity contribution in [1.82, 2.24) is 4.90 Å². The van der Waals surface area contributed by atoms with Gasteiger partial charge < -0.3 is 10.6 Å². The van der Waals surface area contributed by atoms with Crippen LogP contribution in [0.3, 0.4) is 0 Å². The van der Waals surface area contributed by atoms with E-state index in [-0.39, 0.29) is 32.5 Å². The molecule has 19 heavy (non-hydrogen) atoms. The van der Waals surface area contributed by atoms with Gasteiger partial charge in [-0.2, -0.15) is 0 Å². The van der Waals surface area contributed by atoms with Crippen molar-refractivity contribution < 1.29 is 9.59 Å². The molecule has 0 saturated carbocycles. The second-order valence-electron chi connectivity index (χ2n) is 4.02. The van der Waals surface area contributed by atoms with Crippen molar-refractivity contribution in [1.29, 1.82) is 0 Å². The van der Waals surface area contributed by atoms with E-state index in [2.05, 4.69) is 44.8 Å². The Labute approximate surface area is 148 Å². The van der Waals surface area contributed by atoms with E-state index in [1.807, 2.05) is 4.90 Å². The van der Waals surface area contributed by atoms with Crippen LogP contribution in [0.1, 0.15) is 52.4 Å². The maximum Gasteiger partial charge on any atom is 0.278 e. The Bertz CT molecular complexity index is 218. The quantitative estimate of drug-likeness (QED) is 0.271. The molecular weight excluding hydrogens is 475 g/mol. The third-order valence-corrected chi connectivity index (χ3v) is 2.62. The topological polar surface area (TPSA) is 63.4 Å². The maximum atomic E-state index is 11.1. The number of carbonyl (C=O) groups excluding carboxylic acids is 2. The molecule has 0 rings (SSSR count). The Morgan fingerprint density at radius 3 is 1.47 bits per heavy atom. The van der Waals surface area contributed by atoms with E-state index < -0.39 is 5.24 Å². The van der Waals surface area contributed by atoms with Gasteiger partial charge in [0, 0.05) is 40.4 Å². The van der Waals surface area contributed by atoms with Gasteiger partial charge in [0.1, 0.15) is 0 Å². The minimum Gasteiger partial charge on any atom is -0.361 e. The summed E-state index contributed by atoms with van der Waals surface area (Å²) in [4.78, 5) is 22.1. The van der Waals surface area contributed by atoms with E-state index in [4.69, 9.17) is 4.79 Å². The van der Waals surface area contributed by atoms with Gasteiger partial charge in [-0.05, 0) is 12.8 Å². The molecule has 0 fully saturated rings. The second-order valence-corrected chi connectivity index (χ2v) is 4.85. The van der Waals surface area contributed by atoms with Crippen molar-refractivity contribution in [3.8, 4) is 0 Å². The number of hydrogen-bond acceptors (Lipinski definition) is 2. The molecule has 2 N–H and O–H groups in total. The molecule has 0 aromatic carbocycles. The van der Waals surface area contributed by atoms with E-state index in [1.165, 1.54) is 25.7 Å². The van der Waals surface area contributed by atoms with Gasteiger partial charge in [0.2, 0.25) is 0 Å². The summed E-state index contributed by atoms with van der Waals surface area (Å²) in [6.45, 7) is 6.09. The first-order chi connectivity index (χ1) is 8.45. The second kappa shape index (κ2) is 18.6. The maximum absolute atomic E-state index is 11.1. The van der Waals surface area contributed by atoms with Crippen LogP contribution in [-0.4, -0.2) is 55.8 Å². The summed E-state index contributed by atoms with van der Waals surface area (Å²) in [7, 11) is 0. The summed E-state index contributed by atoms with van der Waals surface area (Å²) in [5.74, 6) is 0. The van der Waals surface area contributed by atoms with Crippen LogP contribution in [0, 0.1) is 0 Å². The molecule has 0 aromatic rings. The Morgan fingerprint density at radius 2 is 1.26 bits per heavy atom. The number of primary amides is 1. The van der Waals surface area contributed by atoms with Gasteiger partial charge in [-0.15, -0.1) is 0 Å². The number of thiol groups is 2. The van der Waals surface area contributed by atoms with Crippen molar-refractivity contribution in [2.75, 3.05) is 13.1 Å². The SMILES string of the molecule is CCCCCN(CCCCC)C(=O)S.NC(=O)S.[Pb]. The third kappa shape index (κ3) is 24.0. The van der Waals surface area contributed by atoms with Crippen LogP contribution in [0.25, 0.3) is 0 Å². The molecule has 112 valence electrons. The zero-order valence-electron chi connectivity index (χ0n) is 11.9. The summed E-state index contributed by atoms with van der Waals surface area (Å²) in [6, 6.07) is 0. The molecule has 0 atom stereocenters. The number of amides is 2.